The van der Waals surface area contributed by atoms with Crippen molar-refractivity contribution in [3.05, 3.63) is 23.4 Å². The molecule has 0 saturated heterocycles. The summed E-state index contributed by atoms with van der Waals surface area (Å²) < 4.78 is 5.93. The number of carbonyl (C=O) groups excluding carboxylic acids is 1. The van der Waals surface area contributed by atoms with Gasteiger partial charge in [0.05, 0.1) is 6.42 Å². The van der Waals surface area contributed by atoms with Gasteiger partial charge in [-0.25, -0.2) is 0 Å². The molecule has 0 aromatic rings. The summed E-state index contributed by atoms with van der Waals surface area (Å²) in [4.78, 5) is 12.4. The third-order valence-electron chi connectivity index (χ3n) is 11.5. The number of ether oxygens (including phenoxy) is 1. The Morgan fingerprint density at radius 3 is 2.47 bits per heavy atom. The van der Waals surface area contributed by atoms with Crippen molar-refractivity contribution in [2.75, 3.05) is 0 Å². The molecule has 3 fully saturated rings. The third kappa shape index (κ3) is 6.55. The van der Waals surface area contributed by atoms with Gasteiger partial charge in [-0.1, -0.05) is 85.5 Å². The lowest BCUT2D eigenvalue weighted by molar-refractivity contribution is -0.151. The molecule has 218 valence electrons. The van der Waals surface area contributed by atoms with Crippen molar-refractivity contribution in [2.45, 2.75) is 145 Å². The van der Waals surface area contributed by atoms with E-state index < -0.39 is 0 Å². The Morgan fingerprint density at radius 2 is 1.79 bits per heavy atom. The normalized spacial score (nSPS) is 37.2. The third-order valence-corrected chi connectivity index (χ3v) is 11.5. The van der Waals surface area contributed by atoms with Crippen molar-refractivity contribution in [1.29, 1.82) is 0 Å². The molecule has 0 aromatic carbocycles. The summed E-state index contributed by atoms with van der Waals surface area (Å²) in [6.07, 6.45) is 19.8. The van der Waals surface area contributed by atoms with Gasteiger partial charge in [0.1, 0.15) is 6.10 Å². The monoisotopic (exact) mass is 527 g/mol. The Kier molecular flexibility index (Phi) is 11.0. The predicted octanol–water partition coefficient (Wildman–Crippen LogP) is 9.61. The van der Waals surface area contributed by atoms with Crippen LogP contribution in [0.5, 0.6) is 0 Å². The number of fused-ring (bicyclic) bond motifs is 5. The fourth-order valence-corrected chi connectivity index (χ4v) is 9.39. The van der Waals surface area contributed by atoms with Crippen LogP contribution in [0.3, 0.4) is 0 Å². The van der Waals surface area contributed by atoms with Crippen LogP contribution in [0.4, 0.5) is 0 Å². The first-order valence-electron chi connectivity index (χ1n) is 16.4. The molecule has 4 aliphatic rings. The Balaban J connectivity index is 0.00000195. The lowest BCUT2D eigenvalue weighted by Gasteiger charge is -2.58. The zero-order valence-electron chi connectivity index (χ0n) is 26.3. The number of rotatable bonds is 9. The first-order chi connectivity index (χ1) is 18.1. The van der Waals surface area contributed by atoms with Gasteiger partial charge < -0.3 is 10.5 Å². The average molecular weight is 528 g/mol. The number of hydrogen-bond donors (Lipinski definition) is 1. The Hall–Kier alpha value is -1.25. The standard InChI is InChI=1S/C33H55NO2.C2H6/c1-7-25(34)12-16-31(35)36-26-17-19-32(5)24(21-26)11-13-27-29-15-14-28(23(4)10-8-9-22(2)3)33(29,6)20-18-30(27)32;1-2/h7,11,22-23,26-30H,8-10,12-21,34H2,1-6H3;1-2H3/b25-7-;. The van der Waals surface area contributed by atoms with Crippen LogP contribution in [0, 0.1) is 46.3 Å². The second-order valence-corrected chi connectivity index (χ2v) is 14.0. The number of hydrogen-bond acceptors (Lipinski definition) is 3. The fourth-order valence-electron chi connectivity index (χ4n) is 9.39. The maximum absolute atomic E-state index is 12.4. The van der Waals surface area contributed by atoms with E-state index in [1.807, 2.05) is 26.8 Å². The fraction of sp³-hybridized carbons (Fsp3) is 0.857. The lowest BCUT2D eigenvalue weighted by atomic mass is 9.47. The molecule has 0 aliphatic heterocycles. The minimum absolute atomic E-state index is 0.0524. The molecule has 3 nitrogen and oxygen atoms in total. The van der Waals surface area contributed by atoms with E-state index in [2.05, 4.69) is 40.7 Å². The highest BCUT2D eigenvalue weighted by Crippen LogP contribution is 2.67. The molecule has 0 amide bonds. The van der Waals surface area contributed by atoms with Crippen molar-refractivity contribution in [2.24, 2.45) is 52.1 Å². The summed E-state index contributed by atoms with van der Waals surface area (Å²) in [5, 5.41) is 0. The van der Waals surface area contributed by atoms with Gasteiger partial charge in [-0.05, 0) is 105 Å². The molecule has 0 radical (unpaired) electrons. The van der Waals surface area contributed by atoms with Crippen LogP contribution in [0.15, 0.2) is 23.4 Å². The first kappa shape index (κ1) is 31.3. The summed E-state index contributed by atoms with van der Waals surface area (Å²) in [5.74, 6) is 5.10. The molecular formula is C35H61NO2. The van der Waals surface area contributed by atoms with E-state index in [0.717, 1.165) is 54.0 Å². The van der Waals surface area contributed by atoms with Crippen molar-refractivity contribution in [1.82, 2.24) is 0 Å². The highest BCUT2D eigenvalue weighted by atomic mass is 16.5. The molecule has 0 spiro atoms. The number of carbonyl (C=O) groups is 1. The van der Waals surface area contributed by atoms with Gasteiger partial charge >= 0.3 is 5.97 Å². The van der Waals surface area contributed by atoms with Crippen molar-refractivity contribution >= 4 is 5.97 Å². The maximum atomic E-state index is 12.4. The smallest absolute Gasteiger partial charge is 0.306 e. The first-order valence-corrected chi connectivity index (χ1v) is 16.4. The summed E-state index contributed by atoms with van der Waals surface area (Å²) in [6, 6.07) is 0. The minimum atomic E-state index is -0.0874. The Bertz CT molecular complexity index is 843. The molecule has 4 aliphatic carbocycles. The van der Waals surface area contributed by atoms with Gasteiger partial charge in [0.2, 0.25) is 0 Å². The van der Waals surface area contributed by atoms with Gasteiger partial charge in [-0.2, -0.15) is 0 Å². The minimum Gasteiger partial charge on any atom is -0.462 e. The van der Waals surface area contributed by atoms with Gasteiger partial charge in [0, 0.05) is 12.1 Å². The van der Waals surface area contributed by atoms with Crippen molar-refractivity contribution in [3.8, 4) is 0 Å². The van der Waals surface area contributed by atoms with E-state index in [0.29, 0.717) is 23.7 Å². The molecule has 0 bridgehead atoms. The van der Waals surface area contributed by atoms with E-state index in [4.69, 9.17) is 10.5 Å². The average Bonchev–Trinajstić information content (AvgIpc) is 3.25. The van der Waals surface area contributed by atoms with E-state index in [9.17, 15) is 4.79 Å². The summed E-state index contributed by atoms with van der Waals surface area (Å²) in [7, 11) is 0. The van der Waals surface area contributed by atoms with Gasteiger partial charge in [-0.15, -0.1) is 0 Å². The van der Waals surface area contributed by atoms with E-state index in [1.54, 1.807) is 5.57 Å². The van der Waals surface area contributed by atoms with E-state index >= 15 is 0 Å². The molecule has 0 aromatic heterocycles. The Labute approximate surface area is 235 Å². The molecule has 2 N–H and O–H groups in total. The molecule has 3 heteroatoms. The van der Waals surface area contributed by atoms with Crippen LogP contribution in [0.1, 0.15) is 139 Å². The highest BCUT2D eigenvalue weighted by molar-refractivity contribution is 5.70. The summed E-state index contributed by atoms with van der Waals surface area (Å²) in [6.45, 7) is 18.5. The summed E-state index contributed by atoms with van der Waals surface area (Å²) >= 11 is 0. The highest BCUT2D eigenvalue weighted by Gasteiger charge is 2.59. The van der Waals surface area contributed by atoms with Crippen LogP contribution in [-0.2, 0) is 9.53 Å². The molecule has 4 rings (SSSR count). The molecule has 0 heterocycles. The maximum Gasteiger partial charge on any atom is 0.306 e. The SMILES string of the molecule is C/C=C(\N)CCC(=O)OC1CCC2(C)C(=CCC3C2CCC2(C)C(C(C)CCCC(C)C)CCC32)C1.CC. The van der Waals surface area contributed by atoms with Gasteiger partial charge in [0.15, 0.2) is 0 Å². The van der Waals surface area contributed by atoms with Crippen molar-refractivity contribution < 1.29 is 9.53 Å². The topological polar surface area (TPSA) is 52.3 Å². The Morgan fingerprint density at radius 1 is 1.05 bits per heavy atom. The zero-order valence-corrected chi connectivity index (χ0v) is 26.3. The van der Waals surface area contributed by atoms with E-state index in [1.165, 1.54) is 57.8 Å². The quantitative estimate of drug-likeness (QED) is 0.240. The van der Waals surface area contributed by atoms with Crippen LogP contribution in [0.25, 0.3) is 0 Å². The molecule has 8 unspecified atom stereocenters. The number of nitrogens with two attached hydrogens (primary N) is 1. The second-order valence-electron chi connectivity index (χ2n) is 14.0. The number of allylic oxidation sites excluding steroid dienone is 3. The van der Waals surface area contributed by atoms with Crippen molar-refractivity contribution in [3.63, 3.8) is 0 Å². The van der Waals surface area contributed by atoms with Gasteiger partial charge in [-0.3, -0.25) is 4.79 Å². The summed E-state index contributed by atoms with van der Waals surface area (Å²) in [5.41, 5.74) is 9.09. The predicted molar refractivity (Wildman–Crippen MR) is 161 cm³/mol. The molecule has 38 heavy (non-hydrogen) atoms. The van der Waals surface area contributed by atoms with Crippen LogP contribution >= 0.6 is 0 Å². The van der Waals surface area contributed by atoms with E-state index in [-0.39, 0.29) is 12.1 Å². The van der Waals surface area contributed by atoms with Crippen LogP contribution in [0.2, 0.25) is 0 Å². The molecule has 3 saturated carbocycles. The largest absolute Gasteiger partial charge is 0.462 e. The number of esters is 1. The second kappa shape index (κ2) is 13.4. The molecule has 8 atom stereocenters. The lowest BCUT2D eigenvalue weighted by Crippen LogP contribution is -2.51. The zero-order chi connectivity index (χ0) is 28.1. The molecular weight excluding hydrogens is 466 g/mol. The van der Waals surface area contributed by atoms with Crippen LogP contribution in [-0.4, -0.2) is 12.1 Å². The van der Waals surface area contributed by atoms with Gasteiger partial charge in [0.25, 0.3) is 0 Å². The van der Waals surface area contributed by atoms with Crippen LogP contribution < -0.4 is 5.73 Å².